The van der Waals surface area contributed by atoms with Crippen LogP contribution in [-0.2, 0) is 15.6 Å². The van der Waals surface area contributed by atoms with E-state index in [4.69, 9.17) is 11.5 Å². The van der Waals surface area contributed by atoms with Gasteiger partial charge in [0.25, 0.3) is 0 Å². The number of rotatable bonds is 5. The number of carbonyl (C=O) groups is 1. The van der Waals surface area contributed by atoms with Crippen molar-refractivity contribution in [3.8, 4) is 0 Å². The first kappa shape index (κ1) is 11.6. The van der Waals surface area contributed by atoms with E-state index in [1.807, 2.05) is 0 Å². The maximum absolute atomic E-state index is 10.9. The lowest BCUT2D eigenvalue weighted by Crippen LogP contribution is -2.52. The Hall–Kier alpha value is -0.420. The molecule has 12 heavy (non-hydrogen) atoms. The highest BCUT2D eigenvalue weighted by Crippen LogP contribution is 2.11. The van der Waals surface area contributed by atoms with Crippen LogP contribution in [0, 0.1) is 0 Å². The van der Waals surface area contributed by atoms with Crippen LogP contribution in [-0.4, -0.2) is 27.7 Å². The average Bonchev–Trinajstić information content (AvgIpc) is 1.99. The Morgan fingerprint density at radius 2 is 2.08 bits per heavy atom. The van der Waals surface area contributed by atoms with Crippen LogP contribution in [0.5, 0.6) is 0 Å². The molecule has 0 saturated heterocycles. The molecule has 0 aromatic carbocycles. The van der Waals surface area contributed by atoms with E-state index in [1.54, 1.807) is 13.2 Å². The van der Waals surface area contributed by atoms with Crippen molar-refractivity contribution in [1.29, 1.82) is 0 Å². The summed E-state index contributed by atoms with van der Waals surface area (Å²) in [4.78, 5) is 10.9. The molecular weight excluding hydrogens is 176 g/mol. The zero-order valence-corrected chi connectivity index (χ0v) is 8.32. The maximum Gasteiger partial charge on any atom is 0.237 e. The van der Waals surface area contributed by atoms with Crippen molar-refractivity contribution in [2.75, 3.05) is 12.0 Å². The lowest BCUT2D eigenvalue weighted by atomic mass is 9.94. The van der Waals surface area contributed by atoms with Crippen molar-refractivity contribution in [3.63, 3.8) is 0 Å². The number of hydrogen-bond acceptors (Lipinski definition) is 3. The van der Waals surface area contributed by atoms with Gasteiger partial charge in [-0.25, -0.2) is 0 Å². The Balaban J connectivity index is 4.15. The molecule has 2 atom stereocenters. The molecule has 72 valence electrons. The summed E-state index contributed by atoms with van der Waals surface area (Å²) in [5.74, 6) is -0.0942. The van der Waals surface area contributed by atoms with Crippen LogP contribution in [0.2, 0.25) is 0 Å². The highest BCUT2D eigenvalue weighted by molar-refractivity contribution is 7.84. The molecule has 0 spiro atoms. The molecule has 0 rings (SSSR count). The molecule has 0 heterocycles. The van der Waals surface area contributed by atoms with Crippen LogP contribution in [0.3, 0.4) is 0 Å². The van der Waals surface area contributed by atoms with Crippen molar-refractivity contribution in [1.82, 2.24) is 0 Å². The molecule has 1 amide bonds. The second-order valence-electron chi connectivity index (χ2n) is 2.90. The first-order valence-corrected chi connectivity index (χ1v) is 5.54. The van der Waals surface area contributed by atoms with Crippen LogP contribution in [0.25, 0.3) is 0 Å². The molecule has 0 fully saturated rings. The van der Waals surface area contributed by atoms with Gasteiger partial charge in [0.15, 0.2) is 0 Å². The zero-order valence-electron chi connectivity index (χ0n) is 7.50. The third kappa shape index (κ3) is 3.32. The van der Waals surface area contributed by atoms with Crippen molar-refractivity contribution >= 4 is 16.7 Å². The van der Waals surface area contributed by atoms with Gasteiger partial charge in [-0.05, 0) is 12.8 Å². The Labute approximate surface area is 75.1 Å². The van der Waals surface area contributed by atoms with E-state index in [9.17, 15) is 9.00 Å². The molecule has 0 radical (unpaired) electrons. The molecule has 0 aliphatic heterocycles. The van der Waals surface area contributed by atoms with E-state index in [2.05, 4.69) is 0 Å². The number of carbonyl (C=O) groups excluding carboxylic acids is 1. The van der Waals surface area contributed by atoms with Gasteiger partial charge in [0, 0.05) is 22.8 Å². The fraction of sp³-hybridized carbons (Fsp3) is 0.857. The number of nitrogens with two attached hydrogens (primary N) is 2. The second kappa shape index (κ2) is 4.57. The molecule has 0 bridgehead atoms. The molecule has 4 nitrogen and oxygen atoms in total. The van der Waals surface area contributed by atoms with Gasteiger partial charge in [-0.3, -0.25) is 9.00 Å². The smallest absolute Gasteiger partial charge is 0.237 e. The normalized spacial score (nSPS) is 18.2. The van der Waals surface area contributed by atoms with Gasteiger partial charge >= 0.3 is 0 Å². The highest BCUT2D eigenvalue weighted by atomic mass is 32.2. The first-order chi connectivity index (χ1) is 5.42. The maximum atomic E-state index is 10.9. The minimum Gasteiger partial charge on any atom is -0.368 e. The van der Waals surface area contributed by atoms with Crippen LogP contribution < -0.4 is 11.5 Å². The van der Waals surface area contributed by atoms with Gasteiger partial charge in [-0.15, -0.1) is 0 Å². The lowest BCUT2D eigenvalue weighted by molar-refractivity contribution is -0.123. The molecule has 4 N–H and O–H groups in total. The van der Waals surface area contributed by atoms with Gasteiger partial charge in [-0.2, -0.15) is 0 Å². The largest absolute Gasteiger partial charge is 0.368 e. The summed E-state index contributed by atoms with van der Waals surface area (Å²) < 4.78 is 10.7. The van der Waals surface area contributed by atoms with Gasteiger partial charge in [0.2, 0.25) is 5.91 Å². The molecule has 0 saturated carbocycles. The molecular formula is C7H16N2O2S. The Morgan fingerprint density at radius 3 is 2.33 bits per heavy atom. The lowest BCUT2D eigenvalue weighted by Gasteiger charge is -2.23. The summed E-state index contributed by atoms with van der Waals surface area (Å²) in [5.41, 5.74) is 9.80. The van der Waals surface area contributed by atoms with Gasteiger partial charge in [-0.1, -0.05) is 6.92 Å². The summed E-state index contributed by atoms with van der Waals surface area (Å²) in [7, 11) is -0.918. The van der Waals surface area contributed by atoms with Crippen LogP contribution in [0.4, 0.5) is 0 Å². The fourth-order valence-electron chi connectivity index (χ4n) is 0.800. The predicted molar refractivity (Wildman–Crippen MR) is 50.0 cm³/mol. The van der Waals surface area contributed by atoms with E-state index in [1.165, 1.54) is 0 Å². The minimum atomic E-state index is -0.980. The summed E-state index contributed by atoms with van der Waals surface area (Å²) in [6, 6.07) is 0. The van der Waals surface area contributed by atoms with Gasteiger partial charge in [0.05, 0.1) is 5.54 Å². The monoisotopic (exact) mass is 192 g/mol. The number of amides is 1. The highest BCUT2D eigenvalue weighted by Gasteiger charge is 2.29. The first-order valence-electron chi connectivity index (χ1n) is 3.81. The molecule has 0 aromatic heterocycles. The molecule has 0 aliphatic rings. The van der Waals surface area contributed by atoms with E-state index >= 15 is 0 Å². The topological polar surface area (TPSA) is 86.2 Å². The third-order valence-electron chi connectivity index (χ3n) is 1.96. The van der Waals surface area contributed by atoms with E-state index < -0.39 is 22.2 Å². The molecule has 1 unspecified atom stereocenters. The third-order valence-corrected chi connectivity index (χ3v) is 2.74. The summed E-state index contributed by atoms with van der Waals surface area (Å²) in [6.45, 7) is 1.79. The standard InChI is InChI=1S/C7H16N2O2S/c1-3-7(9,6(8)10)4-5-12(2)11/h3-5,9H2,1-2H3,(H2,8,10)/t7-,12?/m0/s1. The SMILES string of the molecule is CC[C@](N)(CCS(C)=O)C(N)=O. The average molecular weight is 192 g/mol. The second-order valence-corrected chi connectivity index (χ2v) is 4.46. The van der Waals surface area contributed by atoms with Crippen molar-refractivity contribution in [3.05, 3.63) is 0 Å². The number of hydrogen-bond donors (Lipinski definition) is 2. The molecule has 0 aliphatic carbocycles. The summed E-state index contributed by atoms with van der Waals surface area (Å²) >= 11 is 0. The van der Waals surface area contributed by atoms with E-state index in [0.29, 0.717) is 18.6 Å². The minimum absolute atomic E-state index is 0.391. The van der Waals surface area contributed by atoms with Crippen LogP contribution in [0.15, 0.2) is 0 Å². The molecule has 0 aromatic rings. The van der Waals surface area contributed by atoms with Gasteiger partial charge in [0.1, 0.15) is 0 Å². The molecule has 5 heteroatoms. The Kier molecular flexibility index (Phi) is 4.41. The van der Waals surface area contributed by atoms with Crippen LogP contribution >= 0.6 is 0 Å². The predicted octanol–water partition coefficient (Wildman–Crippen LogP) is -0.652. The van der Waals surface area contributed by atoms with E-state index in [-0.39, 0.29) is 0 Å². The number of primary amides is 1. The Bertz CT molecular complexity index is 196. The van der Waals surface area contributed by atoms with Crippen LogP contribution in [0.1, 0.15) is 19.8 Å². The summed E-state index contributed by atoms with van der Waals surface area (Å²) in [6.07, 6.45) is 2.46. The van der Waals surface area contributed by atoms with Crippen molar-refractivity contribution in [2.45, 2.75) is 25.3 Å². The van der Waals surface area contributed by atoms with Crippen molar-refractivity contribution < 1.29 is 9.00 Å². The fourth-order valence-corrected chi connectivity index (χ4v) is 1.45. The quantitative estimate of drug-likeness (QED) is 0.606. The Morgan fingerprint density at radius 1 is 1.58 bits per heavy atom. The van der Waals surface area contributed by atoms with Crippen molar-refractivity contribution in [2.24, 2.45) is 11.5 Å². The van der Waals surface area contributed by atoms with Gasteiger partial charge < -0.3 is 11.5 Å². The van der Waals surface area contributed by atoms with E-state index in [0.717, 1.165) is 0 Å². The zero-order chi connectivity index (χ0) is 9.78. The summed E-state index contributed by atoms with van der Waals surface area (Å²) in [5, 5.41) is 0.